The van der Waals surface area contributed by atoms with Crippen LogP contribution in [-0.2, 0) is 19.6 Å². The Labute approximate surface area is 156 Å². The third-order valence-corrected chi connectivity index (χ3v) is 5.13. The van der Waals surface area contributed by atoms with Gasteiger partial charge in [0.15, 0.2) is 0 Å². The zero-order chi connectivity index (χ0) is 18.9. The van der Waals surface area contributed by atoms with E-state index in [-0.39, 0.29) is 22.9 Å². The molecule has 1 aromatic carbocycles. The number of aromatic nitrogens is 2. The Morgan fingerprint density at radius 2 is 1.88 bits per heavy atom. The predicted molar refractivity (Wildman–Crippen MR) is 103 cm³/mol. The molecule has 1 N–H and O–H groups in total. The summed E-state index contributed by atoms with van der Waals surface area (Å²) in [5.41, 5.74) is 0.567. The van der Waals surface area contributed by atoms with Crippen molar-refractivity contribution in [1.82, 2.24) is 13.6 Å². The lowest BCUT2D eigenvalue weighted by molar-refractivity contribution is 0.277. The van der Waals surface area contributed by atoms with Gasteiger partial charge in [-0.1, -0.05) is 30.3 Å². The molecule has 1 aliphatic heterocycles. The molecule has 8 heteroatoms. The lowest BCUT2D eigenvalue weighted by Crippen LogP contribution is -2.51. The molecule has 0 amide bonds. The van der Waals surface area contributed by atoms with E-state index in [2.05, 4.69) is 4.99 Å². The minimum atomic E-state index is -0.425. The number of aliphatic hydroxyl groups is 1. The molecule has 0 saturated carbocycles. The molecule has 0 radical (unpaired) electrons. The van der Waals surface area contributed by atoms with Crippen molar-refractivity contribution in [2.45, 2.75) is 33.0 Å². The van der Waals surface area contributed by atoms with Crippen molar-refractivity contribution in [3.63, 3.8) is 0 Å². The second-order valence-corrected chi connectivity index (χ2v) is 6.79. The van der Waals surface area contributed by atoms with Gasteiger partial charge < -0.3 is 5.11 Å². The van der Waals surface area contributed by atoms with E-state index in [1.807, 2.05) is 44.3 Å². The van der Waals surface area contributed by atoms with Gasteiger partial charge in [0.25, 0.3) is 0 Å². The molecule has 3 rings (SSSR count). The Balaban J connectivity index is 2.22. The lowest BCUT2D eigenvalue weighted by Gasteiger charge is -2.27. The summed E-state index contributed by atoms with van der Waals surface area (Å²) in [5, 5.41) is 9.35. The van der Waals surface area contributed by atoms with Crippen LogP contribution in [0.15, 0.2) is 44.9 Å². The smallest absolute Gasteiger partial charge is 0.332 e. The molecule has 0 spiro atoms. The van der Waals surface area contributed by atoms with E-state index in [9.17, 15) is 9.59 Å². The van der Waals surface area contributed by atoms with Crippen LogP contribution >= 0.6 is 11.6 Å². The fourth-order valence-corrected chi connectivity index (χ4v) is 3.54. The second kappa shape index (κ2) is 7.19. The molecule has 0 saturated heterocycles. The number of aliphatic imine (C=N–C) groups is 1. The first-order valence-electron chi connectivity index (χ1n) is 8.57. The Morgan fingerprint density at radius 3 is 2.50 bits per heavy atom. The van der Waals surface area contributed by atoms with Gasteiger partial charge in [-0.05, 0) is 13.3 Å². The van der Waals surface area contributed by atoms with E-state index in [0.29, 0.717) is 31.0 Å². The molecule has 1 aromatic heterocycles. The van der Waals surface area contributed by atoms with Gasteiger partial charge in [-0.2, -0.15) is 4.99 Å². The number of halogens is 1. The van der Waals surface area contributed by atoms with Gasteiger partial charge in [0, 0.05) is 36.9 Å². The van der Waals surface area contributed by atoms with Gasteiger partial charge >= 0.3 is 16.5 Å². The van der Waals surface area contributed by atoms with Crippen LogP contribution in [0, 0.1) is 0 Å². The van der Waals surface area contributed by atoms with E-state index >= 15 is 0 Å². The van der Waals surface area contributed by atoms with Crippen molar-refractivity contribution < 1.29 is 5.11 Å². The zero-order valence-corrected chi connectivity index (χ0v) is 15.6. The van der Waals surface area contributed by atoms with E-state index in [1.54, 1.807) is 0 Å². The highest BCUT2D eigenvalue weighted by molar-refractivity contribution is 6.67. The molecule has 0 bridgehead atoms. The number of fused-ring (bicyclic) bond motifs is 1. The number of quaternary nitrogens is 1. The predicted octanol–water partition coefficient (Wildman–Crippen LogP) is 1.79. The highest BCUT2D eigenvalue weighted by Gasteiger charge is 2.45. The molecular weight excluding hydrogens is 356 g/mol. The fraction of sp³-hybridized carbons (Fsp3) is 0.389. The summed E-state index contributed by atoms with van der Waals surface area (Å²) in [6.07, 6.45) is 0.328. The Morgan fingerprint density at radius 1 is 1.19 bits per heavy atom. The largest absolute Gasteiger partial charge is 0.396 e. The van der Waals surface area contributed by atoms with E-state index in [0.717, 1.165) is 5.56 Å². The summed E-state index contributed by atoms with van der Waals surface area (Å²) < 4.78 is 2.65. The number of benzene rings is 1. The minimum Gasteiger partial charge on any atom is -0.396 e. The Kier molecular flexibility index (Phi) is 5.13. The maximum Gasteiger partial charge on any atom is 0.332 e. The molecule has 0 aliphatic carbocycles. The molecule has 2 heterocycles. The summed E-state index contributed by atoms with van der Waals surface area (Å²) in [6, 6.07) is 9.71. The maximum absolute atomic E-state index is 13.1. The van der Waals surface area contributed by atoms with Crippen molar-refractivity contribution in [3.05, 3.63) is 56.7 Å². The molecule has 0 fully saturated rings. The number of hydrogen-bond acceptors (Lipinski definition) is 4. The monoisotopic (exact) mass is 377 g/mol. The van der Waals surface area contributed by atoms with Crippen molar-refractivity contribution in [2.24, 2.45) is 4.99 Å². The average molecular weight is 378 g/mol. The van der Waals surface area contributed by atoms with Gasteiger partial charge in [0.2, 0.25) is 11.5 Å². The molecule has 1 unspecified atom stereocenters. The average Bonchev–Trinajstić information content (AvgIpc) is 2.87. The fourth-order valence-electron chi connectivity index (χ4n) is 3.31. The van der Waals surface area contributed by atoms with Crippen molar-refractivity contribution in [3.8, 4) is 0 Å². The maximum atomic E-state index is 13.1. The van der Waals surface area contributed by atoms with Gasteiger partial charge in [-0.25, -0.2) is 9.28 Å². The van der Waals surface area contributed by atoms with E-state index < -0.39 is 11.2 Å². The third kappa shape index (κ3) is 2.92. The Hall–Kier alpha value is -2.22. The molecule has 1 atom stereocenters. The molecule has 7 nitrogen and oxygen atoms in total. The highest BCUT2D eigenvalue weighted by atomic mass is 35.5. The lowest BCUT2D eigenvalue weighted by atomic mass is 10.2. The van der Waals surface area contributed by atoms with Crippen LogP contribution < -0.4 is 15.7 Å². The molecular formula is C18H22ClN4O3+. The number of amidine groups is 1. The normalized spacial score (nSPS) is 18.7. The summed E-state index contributed by atoms with van der Waals surface area (Å²) in [5.74, 6) is 0.325. The van der Waals surface area contributed by atoms with Crippen molar-refractivity contribution >= 4 is 28.4 Å². The van der Waals surface area contributed by atoms with Crippen molar-refractivity contribution in [2.75, 3.05) is 13.7 Å². The zero-order valence-electron chi connectivity index (χ0n) is 14.9. The third-order valence-electron chi connectivity index (χ3n) is 4.67. The molecule has 2 aromatic rings. The quantitative estimate of drug-likeness (QED) is 0.616. The van der Waals surface area contributed by atoms with Crippen LogP contribution in [0.25, 0.3) is 0 Å². The van der Waals surface area contributed by atoms with Crippen LogP contribution in [0.4, 0.5) is 11.5 Å². The number of rotatable bonds is 6. The first-order chi connectivity index (χ1) is 12.4. The van der Waals surface area contributed by atoms with E-state index in [1.165, 1.54) is 9.13 Å². The van der Waals surface area contributed by atoms with Crippen LogP contribution in [0.1, 0.15) is 18.9 Å². The van der Waals surface area contributed by atoms with Gasteiger partial charge in [-0.3, -0.25) is 13.9 Å². The molecule has 26 heavy (non-hydrogen) atoms. The van der Waals surface area contributed by atoms with Gasteiger partial charge in [0.05, 0.1) is 7.05 Å². The number of nitrogens with zero attached hydrogens (tertiary/aromatic N) is 4. The second-order valence-electron chi connectivity index (χ2n) is 6.45. The number of aliphatic hydroxyl groups excluding tert-OH is 1. The minimum absolute atomic E-state index is 0.0130. The summed E-state index contributed by atoms with van der Waals surface area (Å²) >= 11 is 6.46. The first kappa shape index (κ1) is 18.6. The van der Waals surface area contributed by atoms with Crippen molar-refractivity contribution in [1.29, 1.82) is 0 Å². The topological polar surface area (TPSA) is 76.6 Å². The molecule has 1 aliphatic rings. The van der Waals surface area contributed by atoms with Crippen LogP contribution in [0.3, 0.4) is 0 Å². The van der Waals surface area contributed by atoms with Gasteiger partial charge in [-0.15, -0.1) is 0 Å². The first-order valence-corrected chi connectivity index (χ1v) is 8.95. The van der Waals surface area contributed by atoms with Crippen LogP contribution in [0.2, 0.25) is 0 Å². The van der Waals surface area contributed by atoms with Gasteiger partial charge in [0.1, 0.15) is 6.54 Å². The van der Waals surface area contributed by atoms with Crippen LogP contribution in [0.5, 0.6) is 0 Å². The van der Waals surface area contributed by atoms with E-state index in [4.69, 9.17) is 16.7 Å². The number of hydrogen-bond donors (Lipinski definition) is 1. The summed E-state index contributed by atoms with van der Waals surface area (Å²) in [6.45, 7) is 2.71. The highest BCUT2D eigenvalue weighted by Crippen LogP contribution is 2.38. The Bertz CT molecular complexity index is 965. The summed E-state index contributed by atoms with van der Waals surface area (Å²) in [4.78, 5) is 30.2. The molecule has 138 valence electrons. The standard InChI is InChI=1S/C18H22ClN4O3/c1-3-21-15-14(16(25)22(18(21)26)10-7-11-24)23(2,17(19)20-15)12-13-8-5-4-6-9-13/h4-6,8-9,24H,3,7,10-12H2,1-2H3/q+1. The van der Waals surface area contributed by atoms with Crippen LogP contribution in [-0.4, -0.2) is 33.2 Å². The summed E-state index contributed by atoms with van der Waals surface area (Å²) in [7, 11) is 1.83. The SMILES string of the molecule is CCn1c2c(c(=O)n(CCCO)c1=O)[N+](C)(Cc1ccccc1)C(Cl)=N2.